The van der Waals surface area contributed by atoms with Crippen LogP contribution in [0, 0.1) is 0 Å². The van der Waals surface area contributed by atoms with E-state index in [0.29, 0.717) is 5.01 Å². The van der Waals surface area contributed by atoms with Crippen LogP contribution in [0.4, 0.5) is 5.13 Å². The molecule has 18 heavy (non-hydrogen) atoms. The summed E-state index contributed by atoms with van der Waals surface area (Å²) in [6.07, 6.45) is 2.96. The number of nitrogens with one attached hydrogen (secondary N) is 1. The van der Waals surface area contributed by atoms with Crippen LogP contribution in [0.15, 0.2) is 0 Å². The zero-order chi connectivity index (χ0) is 13.4. The van der Waals surface area contributed by atoms with E-state index in [2.05, 4.69) is 36.3 Å². The van der Waals surface area contributed by atoms with Gasteiger partial charge < -0.3 is 10.2 Å². The minimum Gasteiger partial charge on any atom is -0.360 e. The Balaban J connectivity index is 2.65. The second-order valence-corrected chi connectivity index (χ2v) is 5.11. The summed E-state index contributed by atoms with van der Waals surface area (Å²) in [6, 6.07) is 0. The van der Waals surface area contributed by atoms with E-state index < -0.39 is 0 Å². The smallest absolute Gasteiger partial charge is 0.284 e. The maximum Gasteiger partial charge on any atom is 0.284 e. The molecule has 102 valence electrons. The molecule has 0 aliphatic rings. The summed E-state index contributed by atoms with van der Waals surface area (Å²) in [6.45, 7) is 8.66. The summed E-state index contributed by atoms with van der Waals surface area (Å²) < 4.78 is 0. The largest absolute Gasteiger partial charge is 0.360 e. The van der Waals surface area contributed by atoms with Crippen molar-refractivity contribution >= 4 is 22.4 Å². The van der Waals surface area contributed by atoms with Crippen LogP contribution in [0.25, 0.3) is 0 Å². The Morgan fingerprint density at radius 1 is 1.17 bits per heavy atom. The molecule has 1 aromatic heterocycles. The Morgan fingerprint density at radius 2 is 1.83 bits per heavy atom. The first kappa shape index (κ1) is 14.9. The fraction of sp³-hybridized carbons (Fsp3) is 0.750. The van der Waals surface area contributed by atoms with Crippen molar-refractivity contribution in [1.82, 2.24) is 15.1 Å². The predicted molar refractivity (Wildman–Crippen MR) is 75.2 cm³/mol. The molecule has 0 radical (unpaired) electrons. The Kier molecular flexibility index (Phi) is 6.64. The number of rotatable bonds is 8. The maximum absolute atomic E-state index is 12.2. The second kappa shape index (κ2) is 8.02. The highest BCUT2D eigenvalue weighted by Gasteiger charge is 2.18. The summed E-state index contributed by atoms with van der Waals surface area (Å²) in [5, 5.41) is 12.3. The van der Waals surface area contributed by atoms with Gasteiger partial charge in [-0.2, -0.15) is 0 Å². The molecule has 0 atom stereocenters. The monoisotopic (exact) mass is 270 g/mol. The zero-order valence-corrected chi connectivity index (χ0v) is 12.2. The van der Waals surface area contributed by atoms with Crippen molar-refractivity contribution in [3.8, 4) is 0 Å². The van der Waals surface area contributed by atoms with Crippen molar-refractivity contribution in [2.75, 3.05) is 25.0 Å². The first-order valence-electron chi connectivity index (χ1n) is 6.59. The lowest BCUT2D eigenvalue weighted by molar-refractivity contribution is 0.0754. The number of aromatic nitrogens is 2. The Bertz CT molecular complexity index is 361. The standard InChI is InChI=1S/C12H22N4OS/c1-4-7-13-12-15-14-10(18-12)11(17)16(8-5-2)9-6-3/h4-9H2,1-3H3,(H,13,15). The van der Waals surface area contributed by atoms with E-state index in [4.69, 9.17) is 0 Å². The third-order valence-corrected chi connectivity index (χ3v) is 3.28. The molecule has 0 fully saturated rings. The van der Waals surface area contributed by atoms with Crippen LogP contribution in [0.5, 0.6) is 0 Å². The first-order valence-corrected chi connectivity index (χ1v) is 7.41. The van der Waals surface area contributed by atoms with E-state index in [9.17, 15) is 4.79 Å². The van der Waals surface area contributed by atoms with Gasteiger partial charge in [0.1, 0.15) is 0 Å². The number of amides is 1. The van der Waals surface area contributed by atoms with E-state index in [1.165, 1.54) is 11.3 Å². The van der Waals surface area contributed by atoms with Crippen molar-refractivity contribution < 1.29 is 4.79 Å². The molecule has 1 amide bonds. The SMILES string of the molecule is CCCNc1nnc(C(=O)N(CCC)CCC)s1. The lowest BCUT2D eigenvalue weighted by Crippen LogP contribution is -2.32. The van der Waals surface area contributed by atoms with Crippen LogP contribution >= 0.6 is 11.3 Å². The molecule has 6 heteroatoms. The predicted octanol–water partition coefficient (Wildman–Crippen LogP) is 2.62. The highest BCUT2D eigenvalue weighted by Crippen LogP contribution is 2.17. The summed E-state index contributed by atoms with van der Waals surface area (Å²) >= 11 is 1.34. The zero-order valence-electron chi connectivity index (χ0n) is 11.4. The molecular weight excluding hydrogens is 248 g/mol. The highest BCUT2D eigenvalue weighted by atomic mass is 32.1. The van der Waals surface area contributed by atoms with Gasteiger partial charge in [0.05, 0.1) is 0 Å². The van der Waals surface area contributed by atoms with Gasteiger partial charge in [-0.05, 0) is 19.3 Å². The lowest BCUT2D eigenvalue weighted by Gasteiger charge is -2.19. The average molecular weight is 270 g/mol. The number of anilines is 1. The van der Waals surface area contributed by atoms with Crippen molar-refractivity contribution in [1.29, 1.82) is 0 Å². The van der Waals surface area contributed by atoms with Crippen LogP contribution in [-0.4, -0.2) is 40.6 Å². The van der Waals surface area contributed by atoms with Gasteiger partial charge in [-0.1, -0.05) is 32.1 Å². The highest BCUT2D eigenvalue weighted by molar-refractivity contribution is 7.17. The molecule has 1 heterocycles. The molecule has 0 aliphatic heterocycles. The lowest BCUT2D eigenvalue weighted by atomic mass is 10.3. The van der Waals surface area contributed by atoms with Gasteiger partial charge in [-0.3, -0.25) is 4.79 Å². The summed E-state index contributed by atoms with van der Waals surface area (Å²) in [4.78, 5) is 14.1. The molecule has 0 unspecified atom stereocenters. The molecule has 0 aliphatic carbocycles. The molecule has 0 bridgehead atoms. The minimum absolute atomic E-state index is 0.000693. The van der Waals surface area contributed by atoms with Crippen molar-refractivity contribution in [2.24, 2.45) is 0 Å². The van der Waals surface area contributed by atoms with Gasteiger partial charge >= 0.3 is 0 Å². The van der Waals surface area contributed by atoms with E-state index in [-0.39, 0.29) is 5.91 Å². The molecule has 1 rings (SSSR count). The van der Waals surface area contributed by atoms with Crippen LogP contribution in [0.1, 0.15) is 49.8 Å². The molecule has 0 spiro atoms. The summed E-state index contributed by atoms with van der Waals surface area (Å²) in [5.74, 6) is 0.000693. The first-order chi connectivity index (χ1) is 8.72. The summed E-state index contributed by atoms with van der Waals surface area (Å²) in [7, 11) is 0. The molecule has 5 nitrogen and oxygen atoms in total. The second-order valence-electron chi connectivity index (χ2n) is 4.13. The molecule has 0 saturated carbocycles. The van der Waals surface area contributed by atoms with E-state index >= 15 is 0 Å². The van der Waals surface area contributed by atoms with Gasteiger partial charge in [0, 0.05) is 19.6 Å². The number of hydrogen-bond donors (Lipinski definition) is 1. The Morgan fingerprint density at radius 3 is 2.39 bits per heavy atom. The molecule has 0 aromatic carbocycles. The van der Waals surface area contributed by atoms with Gasteiger partial charge in [0.25, 0.3) is 5.91 Å². The topological polar surface area (TPSA) is 58.1 Å². The van der Waals surface area contributed by atoms with E-state index in [1.807, 2.05) is 4.90 Å². The Labute approximate surface area is 113 Å². The molecule has 0 saturated heterocycles. The van der Waals surface area contributed by atoms with Crippen molar-refractivity contribution in [3.63, 3.8) is 0 Å². The minimum atomic E-state index is 0.000693. The van der Waals surface area contributed by atoms with Crippen molar-refractivity contribution in [3.05, 3.63) is 5.01 Å². The van der Waals surface area contributed by atoms with Crippen LogP contribution < -0.4 is 5.32 Å². The quantitative estimate of drug-likeness (QED) is 0.789. The molecule has 1 N–H and O–H groups in total. The third kappa shape index (κ3) is 4.25. The molecule has 1 aromatic rings. The van der Waals surface area contributed by atoms with E-state index in [0.717, 1.165) is 44.0 Å². The van der Waals surface area contributed by atoms with E-state index in [1.54, 1.807) is 0 Å². The van der Waals surface area contributed by atoms with Crippen molar-refractivity contribution in [2.45, 2.75) is 40.0 Å². The summed E-state index contributed by atoms with van der Waals surface area (Å²) in [5.41, 5.74) is 0. The maximum atomic E-state index is 12.2. The van der Waals surface area contributed by atoms with Gasteiger partial charge in [0.15, 0.2) is 0 Å². The number of carbonyl (C=O) groups excluding carboxylic acids is 1. The Hall–Kier alpha value is -1.17. The number of hydrogen-bond acceptors (Lipinski definition) is 5. The third-order valence-electron chi connectivity index (χ3n) is 2.41. The average Bonchev–Trinajstić information content (AvgIpc) is 2.84. The van der Waals surface area contributed by atoms with Crippen LogP contribution in [0.3, 0.4) is 0 Å². The van der Waals surface area contributed by atoms with Gasteiger partial charge in [-0.15, -0.1) is 10.2 Å². The normalized spacial score (nSPS) is 10.4. The van der Waals surface area contributed by atoms with Gasteiger partial charge in [0.2, 0.25) is 10.1 Å². The van der Waals surface area contributed by atoms with Crippen LogP contribution in [-0.2, 0) is 0 Å². The fourth-order valence-electron chi connectivity index (χ4n) is 1.60. The van der Waals surface area contributed by atoms with Gasteiger partial charge in [-0.25, -0.2) is 0 Å². The van der Waals surface area contributed by atoms with Crippen LogP contribution in [0.2, 0.25) is 0 Å². The number of nitrogens with zero attached hydrogens (tertiary/aromatic N) is 3. The molecular formula is C12H22N4OS. The number of carbonyl (C=O) groups is 1. The fourth-order valence-corrected chi connectivity index (χ4v) is 2.34.